The zero-order valence-corrected chi connectivity index (χ0v) is 37.6. The molecule has 0 amide bonds. The van der Waals surface area contributed by atoms with E-state index in [4.69, 9.17) is 29.9 Å². The van der Waals surface area contributed by atoms with Gasteiger partial charge in [0.05, 0.1) is 11.6 Å². The largest absolute Gasteiger partial charge is 0.208 e. The maximum absolute atomic E-state index is 10.2. The van der Waals surface area contributed by atoms with Gasteiger partial charge >= 0.3 is 0 Å². The molecule has 2 heterocycles. The topological polar surface area (TPSA) is 101 Å². The minimum Gasteiger partial charge on any atom is -0.208 e. The Labute approximate surface area is 405 Å². The zero-order chi connectivity index (χ0) is 46.5. The van der Waals surface area contributed by atoms with Crippen molar-refractivity contribution < 1.29 is 0 Å². The van der Waals surface area contributed by atoms with Crippen LogP contribution in [0.4, 0.5) is 0 Å². The van der Waals surface area contributed by atoms with Gasteiger partial charge in [-0.25, -0.2) is 29.9 Å². The van der Waals surface area contributed by atoms with Crippen molar-refractivity contribution in [3.8, 4) is 96.7 Å². The maximum atomic E-state index is 10.2. The molecular formula is C63H39N7. The number of hydrogen-bond acceptors (Lipinski definition) is 7. The quantitative estimate of drug-likeness (QED) is 0.150. The lowest BCUT2D eigenvalue weighted by Gasteiger charge is -2.42. The fourth-order valence-electron chi connectivity index (χ4n) is 10.2. The monoisotopic (exact) mass is 893 g/mol. The number of nitrogens with zero attached hydrogens (tertiary/aromatic N) is 7. The van der Waals surface area contributed by atoms with E-state index in [1.54, 1.807) is 0 Å². The highest BCUT2D eigenvalue weighted by Gasteiger charge is 2.42. The van der Waals surface area contributed by atoms with E-state index < -0.39 is 0 Å². The van der Waals surface area contributed by atoms with Crippen LogP contribution in [0.1, 0.15) is 50.8 Å². The van der Waals surface area contributed by atoms with Crippen molar-refractivity contribution in [2.45, 2.75) is 11.8 Å². The summed E-state index contributed by atoms with van der Waals surface area (Å²) < 4.78 is 0. The average Bonchev–Trinajstić information content (AvgIpc) is 3.45. The summed E-state index contributed by atoms with van der Waals surface area (Å²) in [5.74, 6) is 3.40. The molecule has 7 nitrogen and oxygen atoms in total. The predicted molar refractivity (Wildman–Crippen MR) is 276 cm³/mol. The van der Waals surface area contributed by atoms with Gasteiger partial charge in [0.25, 0.3) is 0 Å². The maximum Gasteiger partial charge on any atom is 0.164 e. The van der Waals surface area contributed by atoms with Gasteiger partial charge in [0.1, 0.15) is 0 Å². The second kappa shape index (κ2) is 17.0. The Morgan fingerprint density at radius 2 is 0.500 bits per heavy atom. The minimum absolute atomic E-state index is 0.0934. The van der Waals surface area contributed by atoms with E-state index in [0.717, 1.165) is 61.2 Å². The molecule has 0 radical (unpaired) electrons. The van der Waals surface area contributed by atoms with Gasteiger partial charge in [0.15, 0.2) is 34.9 Å². The van der Waals surface area contributed by atoms with Gasteiger partial charge in [-0.05, 0) is 79.9 Å². The summed E-state index contributed by atoms with van der Waals surface area (Å²) in [5, 5.41) is 10.2. The van der Waals surface area contributed by atoms with E-state index in [1.165, 1.54) is 27.8 Å². The molecule has 14 rings (SSSR count). The molecule has 2 unspecified atom stereocenters. The molecule has 326 valence electrons. The molecule has 0 saturated heterocycles. The predicted octanol–water partition coefficient (Wildman–Crippen LogP) is 14.3. The van der Waals surface area contributed by atoms with Gasteiger partial charge in [0.2, 0.25) is 0 Å². The van der Waals surface area contributed by atoms with Crippen LogP contribution < -0.4 is 0 Å². The third-order valence-corrected chi connectivity index (χ3v) is 13.6. The van der Waals surface area contributed by atoms with Crippen molar-refractivity contribution >= 4 is 0 Å². The lowest BCUT2D eigenvalue weighted by Crippen LogP contribution is -2.27. The zero-order valence-electron chi connectivity index (χ0n) is 37.6. The summed E-state index contributed by atoms with van der Waals surface area (Å²) in [5.41, 5.74) is 17.7. The number of aromatic nitrogens is 6. The van der Waals surface area contributed by atoms with Crippen LogP contribution in [0.25, 0.3) is 90.6 Å². The molecule has 0 aliphatic heterocycles. The van der Waals surface area contributed by atoms with Crippen LogP contribution in [-0.2, 0) is 0 Å². The fraction of sp³-hybridized carbons (Fsp3) is 0.0317. The van der Waals surface area contributed by atoms with E-state index in [-0.39, 0.29) is 11.8 Å². The molecule has 2 atom stereocenters. The Balaban J connectivity index is 0.917. The molecule has 11 aromatic rings. The molecule has 0 fully saturated rings. The van der Waals surface area contributed by atoms with Gasteiger partial charge in [-0.2, -0.15) is 5.26 Å². The van der Waals surface area contributed by atoms with E-state index in [0.29, 0.717) is 40.5 Å². The van der Waals surface area contributed by atoms with Crippen molar-refractivity contribution in [2.75, 3.05) is 0 Å². The van der Waals surface area contributed by atoms with E-state index in [9.17, 15) is 5.26 Å². The highest BCUT2D eigenvalue weighted by molar-refractivity contribution is 5.77. The first-order valence-electron chi connectivity index (χ1n) is 23.4. The van der Waals surface area contributed by atoms with Crippen LogP contribution in [0.5, 0.6) is 0 Å². The first kappa shape index (κ1) is 40.7. The van der Waals surface area contributed by atoms with Crippen LogP contribution in [0, 0.1) is 11.3 Å². The van der Waals surface area contributed by atoms with Gasteiger partial charge in [-0.3, -0.25) is 0 Å². The highest BCUT2D eigenvalue weighted by Crippen LogP contribution is 2.57. The van der Waals surface area contributed by atoms with Gasteiger partial charge in [-0.1, -0.05) is 200 Å². The molecular weight excluding hydrogens is 855 g/mol. The van der Waals surface area contributed by atoms with Gasteiger partial charge in [0, 0.05) is 45.2 Å². The van der Waals surface area contributed by atoms with Crippen LogP contribution in [0.3, 0.4) is 0 Å². The first-order chi connectivity index (χ1) is 34.6. The van der Waals surface area contributed by atoms with Gasteiger partial charge < -0.3 is 0 Å². The first-order valence-corrected chi connectivity index (χ1v) is 23.4. The second-order valence-corrected chi connectivity index (χ2v) is 17.7. The average molecular weight is 894 g/mol. The molecule has 0 N–H and O–H groups in total. The Bertz CT molecular complexity index is 3820. The summed E-state index contributed by atoms with van der Waals surface area (Å²) >= 11 is 0. The molecule has 7 heteroatoms. The van der Waals surface area contributed by atoms with Crippen LogP contribution >= 0.6 is 0 Å². The Morgan fingerprint density at radius 1 is 0.243 bits per heavy atom. The fourth-order valence-corrected chi connectivity index (χ4v) is 10.2. The summed E-state index contributed by atoms with van der Waals surface area (Å²) in [6.45, 7) is 0. The molecule has 0 saturated carbocycles. The summed E-state index contributed by atoms with van der Waals surface area (Å²) in [7, 11) is 0. The van der Waals surface area contributed by atoms with Crippen molar-refractivity contribution in [3.05, 3.63) is 263 Å². The Hall–Kier alpha value is -9.51. The standard InChI is InChI=1S/C63H39N7/c64-38-39-21-32-50-53(35-39)57-52-34-31-48(62-67-58(44-17-9-3-10-18-44)65-60(69-62)46-26-22-42(23-27-46)40-13-5-1-6-14-40)36-54(52)56(50)51-33-30-49(37-55(51)57)63-68-59(45-19-11-4-12-20-45)66-61(70-63)47-28-24-43(25-29-47)41-15-7-2-8-16-41/h1-37,56-57H. The van der Waals surface area contributed by atoms with E-state index in [1.807, 2.05) is 78.9 Å². The minimum atomic E-state index is -0.135. The summed E-state index contributed by atoms with van der Waals surface area (Å²) in [6.07, 6.45) is 0. The lowest BCUT2D eigenvalue weighted by atomic mass is 9.60. The van der Waals surface area contributed by atoms with Crippen molar-refractivity contribution in [1.82, 2.24) is 29.9 Å². The highest BCUT2D eigenvalue weighted by atomic mass is 15.0. The number of nitriles is 1. The Morgan fingerprint density at radius 3 is 0.871 bits per heavy atom. The van der Waals surface area contributed by atoms with E-state index in [2.05, 4.69) is 152 Å². The second-order valence-electron chi connectivity index (χ2n) is 17.7. The van der Waals surface area contributed by atoms with Crippen LogP contribution in [0.15, 0.2) is 224 Å². The summed E-state index contributed by atoms with van der Waals surface area (Å²) in [4.78, 5) is 30.7. The molecule has 9 aromatic carbocycles. The Kier molecular flexibility index (Phi) is 9.88. The van der Waals surface area contributed by atoms with Gasteiger partial charge in [-0.15, -0.1) is 0 Å². The number of rotatable bonds is 8. The molecule has 2 aromatic heterocycles. The normalized spacial score (nSPS) is 14.0. The van der Waals surface area contributed by atoms with Crippen molar-refractivity contribution in [3.63, 3.8) is 0 Å². The van der Waals surface area contributed by atoms with E-state index >= 15 is 0 Å². The molecule has 2 bridgehead atoms. The third kappa shape index (κ3) is 7.23. The number of benzene rings is 9. The summed E-state index contributed by atoms with van der Waals surface area (Å²) in [6, 6.07) is 79.5. The third-order valence-electron chi connectivity index (χ3n) is 13.6. The SMILES string of the molecule is N#Cc1ccc2c(c1)C1c3ccc(-c4nc(-c5ccccc5)nc(-c5ccc(-c6ccccc6)cc5)n4)cc3C2c2ccc(-c3nc(-c4ccccc4)nc(-c4ccc(-c5ccccc5)cc4)n3)cc21. The van der Waals surface area contributed by atoms with Crippen molar-refractivity contribution in [2.24, 2.45) is 0 Å². The van der Waals surface area contributed by atoms with Crippen LogP contribution in [-0.4, -0.2) is 29.9 Å². The molecule has 3 aliphatic carbocycles. The smallest absolute Gasteiger partial charge is 0.164 e. The lowest BCUT2D eigenvalue weighted by molar-refractivity contribution is 0.754. The van der Waals surface area contributed by atoms with Crippen molar-refractivity contribution in [1.29, 1.82) is 5.26 Å². The molecule has 3 aliphatic rings. The molecule has 0 spiro atoms. The molecule has 70 heavy (non-hydrogen) atoms. The number of hydrogen-bond donors (Lipinski definition) is 0. The van der Waals surface area contributed by atoms with Crippen LogP contribution in [0.2, 0.25) is 0 Å².